The van der Waals surface area contributed by atoms with E-state index < -0.39 is 0 Å². The number of aromatic nitrogens is 4. The monoisotopic (exact) mass is 291 g/mol. The summed E-state index contributed by atoms with van der Waals surface area (Å²) in [7, 11) is 1.94. The van der Waals surface area contributed by atoms with E-state index in [0.29, 0.717) is 11.6 Å². The first-order chi connectivity index (χ1) is 9.13. The molecule has 98 valence electrons. The highest BCUT2D eigenvalue weighted by molar-refractivity contribution is 7.98. The third kappa shape index (κ3) is 2.43. The van der Waals surface area contributed by atoms with E-state index in [-0.39, 0.29) is 0 Å². The van der Waals surface area contributed by atoms with E-state index in [1.807, 2.05) is 30.1 Å². The maximum Gasteiger partial charge on any atom is 0.142 e. The Balaban J connectivity index is 1.83. The molecule has 3 aromatic heterocycles. The van der Waals surface area contributed by atoms with Gasteiger partial charge in [0.2, 0.25) is 0 Å². The first-order valence-corrected chi connectivity index (χ1v) is 7.63. The quantitative estimate of drug-likeness (QED) is 0.751. The van der Waals surface area contributed by atoms with E-state index in [2.05, 4.69) is 21.1 Å². The van der Waals surface area contributed by atoms with E-state index >= 15 is 0 Å². The highest BCUT2D eigenvalue weighted by atomic mass is 32.2. The molecular formula is C12H13N5S2. The van der Waals surface area contributed by atoms with Gasteiger partial charge < -0.3 is 5.73 Å². The molecule has 3 aromatic rings. The van der Waals surface area contributed by atoms with Crippen molar-refractivity contribution in [2.45, 2.75) is 17.7 Å². The Bertz CT molecular complexity index is 731. The van der Waals surface area contributed by atoms with Crippen LogP contribution in [0.5, 0.6) is 0 Å². The second kappa shape index (κ2) is 4.82. The fraction of sp³-hybridized carbons (Fsp3) is 0.250. The number of thioether (sulfide) groups is 1. The van der Waals surface area contributed by atoms with Crippen LogP contribution < -0.4 is 5.73 Å². The Morgan fingerprint density at radius 1 is 1.42 bits per heavy atom. The molecule has 3 rings (SSSR count). The minimum Gasteiger partial charge on any atom is -0.383 e. The van der Waals surface area contributed by atoms with Crippen molar-refractivity contribution in [1.82, 2.24) is 19.7 Å². The molecule has 0 aliphatic carbocycles. The lowest BCUT2D eigenvalue weighted by Gasteiger charge is -2.03. The molecule has 0 amide bonds. The van der Waals surface area contributed by atoms with Crippen molar-refractivity contribution >= 4 is 39.1 Å². The topological polar surface area (TPSA) is 69.6 Å². The summed E-state index contributed by atoms with van der Waals surface area (Å²) in [5.41, 5.74) is 6.95. The molecule has 3 heterocycles. The Hall–Kier alpha value is -1.60. The van der Waals surface area contributed by atoms with Crippen LogP contribution in [0.4, 0.5) is 5.82 Å². The molecule has 19 heavy (non-hydrogen) atoms. The highest BCUT2D eigenvalue weighted by Crippen LogP contribution is 2.26. The van der Waals surface area contributed by atoms with Crippen LogP contribution in [0, 0.1) is 6.92 Å². The van der Waals surface area contributed by atoms with Crippen LogP contribution in [0.3, 0.4) is 0 Å². The van der Waals surface area contributed by atoms with Crippen molar-refractivity contribution in [2.75, 3.05) is 5.73 Å². The molecule has 0 aliphatic heterocycles. The smallest absolute Gasteiger partial charge is 0.142 e. The lowest BCUT2D eigenvalue weighted by Crippen LogP contribution is -1.99. The SMILES string of the molecule is Cc1cc(SCc2nc(N)c3ccsc3n2)n(C)n1. The molecule has 0 unspecified atom stereocenters. The van der Waals surface area contributed by atoms with E-state index in [9.17, 15) is 0 Å². The summed E-state index contributed by atoms with van der Waals surface area (Å²) in [4.78, 5) is 9.82. The number of hydrogen-bond donors (Lipinski definition) is 1. The van der Waals surface area contributed by atoms with Gasteiger partial charge in [-0.25, -0.2) is 9.97 Å². The minimum absolute atomic E-state index is 0.558. The molecule has 5 nitrogen and oxygen atoms in total. The lowest BCUT2D eigenvalue weighted by molar-refractivity contribution is 0.692. The van der Waals surface area contributed by atoms with Gasteiger partial charge in [0.1, 0.15) is 16.5 Å². The predicted octanol–water partition coefficient (Wildman–Crippen LogP) is 2.61. The van der Waals surface area contributed by atoms with Crippen LogP contribution in [-0.2, 0) is 12.8 Å². The molecule has 0 saturated carbocycles. The fourth-order valence-corrected chi connectivity index (χ4v) is 3.53. The van der Waals surface area contributed by atoms with Gasteiger partial charge in [0.15, 0.2) is 0 Å². The number of rotatable bonds is 3. The normalized spacial score (nSPS) is 11.3. The number of nitrogen functional groups attached to an aromatic ring is 1. The summed E-state index contributed by atoms with van der Waals surface area (Å²) in [5.74, 6) is 2.01. The third-order valence-corrected chi connectivity index (χ3v) is 4.60. The highest BCUT2D eigenvalue weighted by Gasteiger charge is 2.08. The van der Waals surface area contributed by atoms with Gasteiger partial charge in [-0.2, -0.15) is 5.10 Å². The zero-order valence-electron chi connectivity index (χ0n) is 10.6. The van der Waals surface area contributed by atoms with Gasteiger partial charge in [0.05, 0.1) is 21.9 Å². The van der Waals surface area contributed by atoms with Crippen molar-refractivity contribution in [3.8, 4) is 0 Å². The maximum absolute atomic E-state index is 5.93. The summed E-state index contributed by atoms with van der Waals surface area (Å²) < 4.78 is 1.87. The Morgan fingerprint density at radius 3 is 3.00 bits per heavy atom. The van der Waals surface area contributed by atoms with Crippen molar-refractivity contribution < 1.29 is 0 Å². The van der Waals surface area contributed by atoms with Crippen molar-refractivity contribution in [3.63, 3.8) is 0 Å². The van der Waals surface area contributed by atoms with Crippen molar-refractivity contribution in [3.05, 3.63) is 29.0 Å². The van der Waals surface area contributed by atoms with Crippen LogP contribution in [0.1, 0.15) is 11.5 Å². The van der Waals surface area contributed by atoms with E-state index in [1.54, 1.807) is 23.1 Å². The van der Waals surface area contributed by atoms with Crippen LogP contribution in [0.15, 0.2) is 22.5 Å². The summed E-state index contributed by atoms with van der Waals surface area (Å²) in [6.45, 7) is 1.98. The average molecular weight is 291 g/mol. The van der Waals surface area contributed by atoms with Gasteiger partial charge in [-0.15, -0.1) is 11.3 Å². The molecule has 0 fully saturated rings. The van der Waals surface area contributed by atoms with Gasteiger partial charge in [-0.1, -0.05) is 11.8 Å². The minimum atomic E-state index is 0.558. The second-order valence-electron chi connectivity index (χ2n) is 4.20. The van der Waals surface area contributed by atoms with Crippen molar-refractivity contribution in [1.29, 1.82) is 0 Å². The van der Waals surface area contributed by atoms with Crippen molar-refractivity contribution in [2.24, 2.45) is 7.05 Å². The second-order valence-corrected chi connectivity index (χ2v) is 6.09. The maximum atomic E-state index is 5.93. The van der Waals surface area contributed by atoms with E-state index in [4.69, 9.17) is 5.73 Å². The Morgan fingerprint density at radius 2 is 2.26 bits per heavy atom. The molecule has 0 spiro atoms. The van der Waals surface area contributed by atoms with Gasteiger partial charge in [0, 0.05) is 7.05 Å². The van der Waals surface area contributed by atoms with Gasteiger partial charge in [-0.3, -0.25) is 4.68 Å². The molecule has 0 aliphatic rings. The zero-order valence-corrected chi connectivity index (χ0v) is 12.3. The molecule has 0 bridgehead atoms. The van der Waals surface area contributed by atoms with E-state index in [0.717, 1.165) is 26.8 Å². The number of nitrogens with zero attached hydrogens (tertiary/aromatic N) is 4. The average Bonchev–Trinajstić information content (AvgIpc) is 2.93. The molecule has 0 aromatic carbocycles. The Labute approximate surface area is 118 Å². The Kier molecular flexibility index (Phi) is 3.16. The first kappa shape index (κ1) is 12.4. The van der Waals surface area contributed by atoms with Gasteiger partial charge in [0.25, 0.3) is 0 Å². The van der Waals surface area contributed by atoms with Crippen LogP contribution >= 0.6 is 23.1 Å². The first-order valence-electron chi connectivity index (χ1n) is 5.76. The van der Waals surface area contributed by atoms with E-state index in [1.165, 1.54) is 0 Å². The van der Waals surface area contributed by atoms with Crippen LogP contribution in [0.25, 0.3) is 10.2 Å². The van der Waals surface area contributed by atoms with Gasteiger partial charge >= 0.3 is 0 Å². The molecule has 0 saturated heterocycles. The molecule has 7 heteroatoms. The molecule has 0 atom stereocenters. The third-order valence-electron chi connectivity index (χ3n) is 2.71. The number of hydrogen-bond acceptors (Lipinski definition) is 6. The summed E-state index contributed by atoms with van der Waals surface area (Å²) >= 11 is 3.25. The lowest BCUT2D eigenvalue weighted by atomic mass is 10.4. The molecule has 0 radical (unpaired) electrons. The number of fused-ring (bicyclic) bond motifs is 1. The predicted molar refractivity (Wildman–Crippen MR) is 79.3 cm³/mol. The standard InChI is InChI=1S/C12H13N5S2/c1-7-5-10(17(2)16-7)19-6-9-14-11(13)8-3-4-18-12(8)15-9/h3-5H,6H2,1-2H3,(H2,13,14,15). The molecular weight excluding hydrogens is 278 g/mol. The zero-order chi connectivity index (χ0) is 13.4. The number of anilines is 1. The number of thiophene rings is 1. The summed E-state index contributed by atoms with van der Waals surface area (Å²) in [6, 6.07) is 4.01. The summed E-state index contributed by atoms with van der Waals surface area (Å²) in [5, 5.41) is 8.34. The van der Waals surface area contributed by atoms with Crippen LogP contribution in [0.2, 0.25) is 0 Å². The molecule has 2 N–H and O–H groups in total. The number of aryl methyl sites for hydroxylation is 2. The summed E-state index contributed by atoms with van der Waals surface area (Å²) in [6.07, 6.45) is 0. The largest absolute Gasteiger partial charge is 0.383 e. The number of nitrogens with two attached hydrogens (primary N) is 1. The van der Waals surface area contributed by atoms with Gasteiger partial charge in [-0.05, 0) is 24.4 Å². The van der Waals surface area contributed by atoms with Crippen LogP contribution in [-0.4, -0.2) is 19.7 Å². The fourth-order valence-electron chi connectivity index (χ4n) is 1.85.